The summed E-state index contributed by atoms with van der Waals surface area (Å²) >= 11 is 6.32. The molecule has 4 aromatic carbocycles. The molecule has 0 aliphatic rings. The lowest BCUT2D eigenvalue weighted by molar-refractivity contribution is 0.620. The van der Waals surface area contributed by atoms with Gasteiger partial charge in [-0.2, -0.15) is 9.97 Å². The first-order valence-electron chi connectivity index (χ1n) is 10.8. The Balaban J connectivity index is 1.41. The van der Waals surface area contributed by atoms with Crippen LogP contribution in [-0.2, 0) is 0 Å². The van der Waals surface area contributed by atoms with E-state index >= 15 is 0 Å². The van der Waals surface area contributed by atoms with Crippen LogP contribution in [0.15, 0.2) is 108 Å². The van der Waals surface area contributed by atoms with Crippen molar-refractivity contribution in [1.29, 1.82) is 0 Å². The molecule has 0 aliphatic heterocycles. The van der Waals surface area contributed by atoms with Crippen molar-refractivity contribution in [1.82, 2.24) is 19.9 Å². The van der Waals surface area contributed by atoms with E-state index in [9.17, 15) is 0 Å². The van der Waals surface area contributed by atoms with Gasteiger partial charge in [0.1, 0.15) is 5.52 Å². The van der Waals surface area contributed by atoms with Crippen molar-refractivity contribution in [3.63, 3.8) is 0 Å². The number of rotatable bonds is 4. The molecule has 0 unspecified atom stereocenters. The van der Waals surface area contributed by atoms with Gasteiger partial charge in [-0.1, -0.05) is 78.9 Å². The molecule has 0 saturated carbocycles. The number of aromatic nitrogens is 4. The van der Waals surface area contributed by atoms with E-state index in [0.717, 1.165) is 27.8 Å². The molecule has 6 heteroatoms. The summed E-state index contributed by atoms with van der Waals surface area (Å²) in [6.07, 6.45) is 0. The van der Waals surface area contributed by atoms with Crippen molar-refractivity contribution < 1.29 is 4.42 Å². The Hall–Kier alpha value is -4.35. The summed E-state index contributed by atoms with van der Waals surface area (Å²) in [5.41, 5.74) is 6.05. The normalized spacial score (nSPS) is 11.1. The zero-order valence-electron chi connectivity index (χ0n) is 17.9. The highest BCUT2D eigenvalue weighted by molar-refractivity contribution is 6.28. The topological polar surface area (TPSA) is 64.7 Å². The summed E-state index contributed by atoms with van der Waals surface area (Å²) in [4.78, 5) is 18.1. The van der Waals surface area contributed by atoms with Gasteiger partial charge in [0.05, 0.1) is 5.56 Å². The van der Waals surface area contributed by atoms with Gasteiger partial charge in [0.25, 0.3) is 0 Å². The fourth-order valence-electron chi connectivity index (χ4n) is 3.87. The molecule has 0 radical (unpaired) electrons. The molecule has 2 aromatic heterocycles. The second-order valence-electron chi connectivity index (χ2n) is 7.73. The highest BCUT2D eigenvalue weighted by Gasteiger charge is 2.17. The third kappa shape index (κ3) is 3.83. The summed E-state index contributed by atoms with van der Waals surface area (Å²) in [5.74, 6) is 1.47. The standard InChI is InChI=1S/C28H17ClN4O/c29-28-32-25(20-16-14-19(15-17-20)18-8-3-1-4-9-18)31-26(33-28)22-12-7-13-23-24(22)34-27(30-23)21-10-5-2-6-11-21/h1-17H. The highest BCUT2D eigenvalue weighted by atomic mass is 35.5. The highest BCUT2D eigenvalue weighted by Crippen LogP contribution is 2.32. The molecule has 0 spiro atoms. The maximum Gasteiger partial charge on any atom is 0.227 e. The number of halogens is 1. The van der Waals surface area contributed by atoms with E-state index in [2.05, 4.69) is 27.1 Å². The average molecular weight is 461 g/mol. The van der Waals surface area contributed by atoms with Crippen LogP contribution < -0.4 is 0 Å². The Kier molecular flexibility index (Phi) is 5.09. The summed E-state index contributed by atoms with van der Waals surface area (Å²) in [6.45, 7) is 0. The molecular weight excluding hydrogens is 444 g/mol. The lowest BCUT2D eigenvalue weighted by Gasteiger charge is -2.06. The second kappa shape index (κ2) is 8.54. The van der Waals surface area contributed by atoms with E-state index in [1.165, 1.54) is 0 Å². The van der Waals surface area contributed by atoms with Crippen molar-refractivity contribution in [3.8, 4) is 45.4 Å². The molecule has 0 atom stereocenters. The van der Waals surface area contributed by atoms with Gasteiger partial charge in [-0.05, 0) is 47.0 Å². The van der Waals surface area contributed by atoms with Gasteiger partial charge in [-0.25, -0.2) is 9.97 Å². The first-order valence-corrected chi connectivity index (χ1v) is 11.2. The smallest absolute Gasteiger partial charge is 0.227 e. The molecule has 5 nitrogen and oxygen atoms in total. The summed E-state index contributed by atoms with van der Waals surface area (Å²) in [6, 6.07) is 33.8. The molecule has 0 saturated heterocycles. The van der Waals surface area contributed by atoms with E-state index in [1.807, 2.05) is 91.0 Å². The summed E-state index contributed by atoms with van der Waals surface area (Å²) in [7, 11) is 0. The number of hydrogen-bond acceptors (Lipinski definition) is 5. The van der Waals surface area contributed by atoms with Gasteiger partial charge in [0, 0.05) is 11.1 Å². The van der Waals surface area contributed by atoms with E-state index < -0.39 is 0 Å². The number of benzene rings is 4. The molecular formula is C28H17ClN4O. The van der Waals surface area contributed by atoms with Gasteiger partial charge in [-0.15, -0.1) is 0 Å². The minimum Gasteiger partial charge on any atom is -0.435 e. The molecule has 0 fully saturated rings. The van der Waals surface area contributed by atoms with Crippen LogP contribution in [0.1, 0.15) is 0 Å². The van der Waals surface area contributed by atoms with Crippen LogP contribution in [-0.4, -0.2) is 19.9 Å². The van der Waals surface area contributed by atoms with Crippen LogP contribution in [0.3, 0.4) is 0 Å². The molecule has 0 aliphatic carbocycles. The molecule has 6 aromatic rings. The number of para-hydroxylation sites is 1. The Morgan fingerprint density at radius 2 is 1.12 bits per heavy atom. The van der Waals surface area contributed by atoms with E-state index in [1.54, 1.807) is 0 Å². The van der Waals surface area contributed by atoms with Crippen molar-refractivity contribution in [2.24, 2.45) is 0 Å². The van der Waals surface area contributed by atoms with Crippen LogP contribution in [0.25, 0.3) is 56.5 Å². The van der Waals surface area contributed by atoms with Crippen molar-refractivity contribution in [2.75, 3.05) is 0 Å². The number of hydrogen-bond donors (Lipinski definition) is 0. The molecule has 0 bridgehead atoms. The van der Waals surface area contributed by atoms with Crippen molar-refractivity contribution >= 4 is 22.7 Å². The first kappa shape index (κ1) is 20.3. The molecule has 6 rings (SSSR count). The molecule has 162 valence electrons. The summed E-state index contributed by atoms with van der Waals surface area (Å²) in [5, 5.41) is 0.118. The Morgan fingerprint density at radius 1 is 0.500 bits per heavy atom. The van der Waals surface area contributed by atoms with Crippen LogP contribution in [0.2, 0.25) is 5.28 Å². The molecule has 2 heterocycles. The average Bonchev–Trinajstić information content (AvgIpc) is 3.34. The monoisotopic (exact) mass is 460 g/mol. The Labute approximate surface area is 200 Å². The predicted octanol–water partition coefficient (Wildman–Crippen LogP) is 7.33. The predicted molar refractivity (Wildman–Crippen MR) is 134 cm³/mol. The first-order chi connectivity index (χ1) is 16.7. The second-order valence-corrected chi connectivity index (χ2v) is 8.07. The zero-order valence-corrected chi connectivity index (χ0v) is 18.6. The number of nitrogens with zero attached hydrogens (tertiary/aromatic N) is 4. The van der Waals surface area contributed by atoms with Gasteiger partial charge < -0.3 is 4.42 Å². The van der Waals surface area contributed by atoms with Crippen LogP contribution in [0.4, 0.5) is 0 Å². The van der Waals surface area contributed by atoms with Crippen LogP contribution in [0, 0.1) is 0 Å². The van der Waals surface area contributed by atoms with E-state index in [4.69, 9.17) is 21.0 Å². The molecule has 0 amide bonds. The van der Waals surface area contributed by atoms with E-state index in [-0.39, 0.29) is 5.28 Å². The quantitative estimate of drug-likeness (QED) is 0.275. The van der Waals surface area contributed by atoms with Gasteiger partial charge in [0.2, 0.25) is 11.2 Å². The number of fused-ring (bicyclic) bond motifs is 1. The largest absolute Gasteiger partial charge is 0.435 e. The zero-order chi connectivity index (χ0) is 22.9. The fraction of sp³-hybridized carbons (Fsp3) is 0. The van der Waals surface area contributed by atoms with Crippen molar-refractivity contribution in [3.05, 3.63) is 108 Å². The van der Waals surface area contributed by atoms with Crippen LogP contribution in [0.5, 0.6) is 0 Å². The third-order valence-electron chi connectivity index (χ3n) is 5.53. The van der Waals surface area contributed by atoms with Gasteiger partial charge in [-0.3, -0.25) is 0 Å². The maximum absolute atomic E-state index is 6.32. The van der Waals surface area contributed by atoms with Gasteiger partial charge in [0.15, 0.2) is 17.2 Å². The minimum atomic E-state index is 0.118. The molecule has 34 heavy (non-hydrogen) atoms. The fourth-order valence-corrected chi connectivity index (χ4v) is 4.03. The third-order valence-corrected chi connectivity index (χ3v) is 5.70. The van der Waals surface area contributed by atoms with Crippen LogP contribution >= 0.6 is 11.6 Å². The van der Waals surface area contributed by atoms with E-state index in [0.29, 0.717) is 28.7 Å². The lowest BCUT2D eigenvalue weighted by Crippen LogP contribution is -1.97. The Bertz CT molecular complexity index is 1600. The minimum absolute atomic E-state index is 0.118. The maximum atomic E-state index is 6.32. The van der Waals surface area contributed by atoms with Gasteiger partial charge >= 0.3 is 0 Å². The Morgan fingerprint density at radius 3 is 1.85 bits per heavy atom. The van der Waals surface area contributed by atoms with Crippen molar-refractivity contribution in [2.45, 2.75) is 0 Å². The summed E-state index contributed by atoms with van der Waals surface area (Å²) < 4.78 is 6.14. The SMILES string of the molecule is Clc1nc(-c2ccc(-c3ccccc3)cc2)nc(-c2cccc3nc(-c4ccccc4)oc23)n1. The number of oxazole rings is 1. The molecule has 0 N–H and O–H groups in total. The lowest BCUT2D eigenvalue weighted by atomic mass is 10.0.